The monoisotopic (exact) mass is 504 g/mol. The van der Waals surface area contributed by atoms with Crippen molar-refractivity contribution in [3.8, 4) is 5.69 Å². The summed E-state index contributed by atoms with van der Waals surface area (Å²) in [6, 6.07) is 9.24. The Labute approximate surface area is 215 Å². The third kappa shape index (κ3) is 9.30. The fourth-order valence-electron chi connectivity index (χ4n) is 3.73. The first-order chi connectivity index (χ1) is 16.7. The standard InChI is InChI=1S/C27H41ClN4O3/c1-6-7-8-9-10-16-26(34)31(17-13-18-35-5)20-25(33)29-24-19-23(27(2,3)4)30-32(24)22-15-12-11-14-21(22)28/h11-12,14-15,19H,6-10,13,16-18,20H2,1-5H3,(H,29,33). The van der Waals surface area contributed by atoms with E-state index >= 15 is 0 Å². The zero-order valence-corrected chi connectivity index (χ0v) is 22.7. The molecule has 0 unspecified atom stereocenters. The minimum Gasteiger partial charge on any atom is -0.385 e. The number of methoxy groups -OCH3 is 1. The Kier molecular flexibility index (Phi) is 11.7. The van der Waals surface area contributed by atoms with Crippen molar-refractivity contribution < 1.29 is 14.3 Å². The maximum absolute atomic E-state index is 13.1. The zero-order valence-electron chi connectivity index (χ0n) is 21.9. The zero-order chi connectivity index (χ0) is 25.8. The summed E-state index contributed by atoms with van der Waals surface area (Å²) >= 11 is 6.43. The molecule has 0 radical (unpaired) electrons. The molecular formula is C27H41ClN4O3. The summed E-state index contributed by atoms with van der Waals surface area (Å²) in [5.74, 6) is 0.259. The van der Waals surface area contributed by atoms with Crippen molar-refractivity contribution in [1.82, 2.24) is 14.7 Å². The molecule has 35 heavy (non-hydrogen) atoms. The van der Waals surface area contributed by atoms with Crippen molar-refractivity contribution in [2.45, 2.75) is 78.1 Å². The Bertz CT molecular complexity index is 952. The Morgan fingerprint density at radius 1 is 1.11 bits per heavy atom. The number of hydrogen-bond donors (Lipinski definition) is 1. The molecule has 7 nitrogen and oxygen atoms in total. The van der Waals surface area contributed by atoms with Gasteiger partial charge < -0.3 is 15.0 Å². The third-order valence-corrected chi connectivity index (χ3v) is 6.10. The molecule has 0 saturated carbocycles. The molecule has 0 saturated heterocycles. The Morgan fingerprint density at radius 3 is 2.49 bits per heavy atom. The van der Waals surface area contributed by atoms with Crippen LogP contribution in [0.4, 0.5) is 5.82 Å². The quantitative estimate of drug-likeness (QED) is 0.321. The third-order valence-electron chi connectivity index (χ3n) is 5.78. The van der Waals surface area contributed by atoms with Gasteiger partial charge in [0.15, 0.2) is 0 Å². The topological polar surface area (TPSA) is 76.5 Å². The van der Waals surface area contributed by atoms with Crippen LogP contribution >= 0.6 is 11.6 Å². The van der Waals surface area contributed by atoms with Crippen LogP contribution in [0.3, 0.4) is 0 Å². The molecule has 0 bridgehead atoms. The van der Waals surface area contributed by atoms with Gasteiger partial charge in [-0.2, -0.15) is 5.10 Å². The highest BCUT2D eigenvalue weighted by Crippen LogP contribution is 2.29. The largest absolute Gasteiger partial charge is 0.385 e. The molecule has 2 amide bonds. The number of carbonyl (C=O) groups is 2. The van der Waals surface area contributed by atoms with Crippen LogP contribution in [0.25, 0.3) is 5.69 Å². The van der Waals surface area contributed by atoms with Crippen LogP contribution in [-0.2, 0) is 19.7 Å². The number of anilines is 1. The Morgan fingerprint density at radius 2 is 1.83 bits per heavy atom. The number of benzene rings is 1. The van der Waals surface area contributed by atoms with Gasteiger partial charge in [0, 0.05) is 38.2 Å². The summed E-state index contributed by atoms with van der Waals surface area (Å²) < 4.78 is 6.80. The Balaban J connectivity index is 2.16. The number of hydrogen-bond acceptors (Lipinski definition) is 4. The number of aromatic nitrogens is 2. The lowest BCUT2D eigenvalue weighted by Gasteiger charge is -2.22. The molecule has 0 aliphatic rings. The number of para-hydroxylation sites is 1. The van der Waals surface area contributed by atoms with Crippen LogP contribution in [0.1, 0.15) is 78.3 Å². The van der Waals surface area contributed by atoms with E-state index in [1.54, 1.807) is 22.8 Å². The van der Waals surface area contributed by atoms with Crippen LogP contribution in [0.15, 0.2) is 30.3 Å². The Hall–Kier alpha value is -2.38. The minimum atomic E-state index is -0.268. The van der Waals surface area contributed by atoms with Gasteiger partial charge in [-0.3, -0.25) is 9.59 Å². The van der Waals surface area contributed by atoms with Gasteiger partial charge in [0.2, 0.25) is 11.8 Å². The van der Waals surface area contributed by atoms with Gasteiger partial charge in [0.25, 0.3) is 0 Å². The van der Waals surface area contributed by atoms with Crippen molar-refractivity contribution in [2.75, 3.05) is 32.1 Å². The second kappa shape index (κ2) is 14.2. The van der Waals surface area contributed by atoms with E-state index < -0.39 is 0 Å². The predicted octanol–water partition coefficient (Wildman–Crippen LogP) is 5.99. The predicted molar refractivity (Wildman–Crippen MR) is 142 cm³/mol. The van der Waals surface area contributed by atoms with Gasteiger partial charge >= 0.3 is 0 Å². The van der Waals surface area contributed by atoms with Gasteiger partial charge in [-0.05, 0) is 25.0 Å². The second-order valence-electron chi connectivity index (χ2n) is 9.90. The van der Waals surface area contributed by atoms with Crippen molar-refractivity contribution in [3.05, 3.63) is 41.0 Å². The summed E-state index contributed by atoms with van der Waals surface area (Å²) in [6.45, 7) is 9.36. The normalized spacial score (nSPS) is 11.5. The molecule has 0 aliphatic carbocycles. The molecular weight excluding hydrogens is 464 g/mol. The summed E-state index contributed by atoms with van der Waals surface area (Å²) in [5.41, 5.74) is 1.29. The highest BCUT2D eigenvalue weighted by molar-refractivity contribution is 6.32. The summed E-state index contributed by atoms with van der Waals surface area (Å²) in [4.78, 5) is 27.6. The van der Waals surface area contributed by atoms with Crippen LogP contribution < -0.4 is 5.32 Å². The molecule has 2 rings (SSSR count). The van der Waals surface area contributed by atoms with E-state index in [0.717, 1.165) is 25.0 Å². The molecule has 0 spiro atoms. The van der Waals surface area contributed by atoms with Gasteiger partial charge in [-0.15, -0.1) is 0 Å². The molecule has 1 N–H and O–H groups in total. The summed E-state index contributed by atoms with van der Waals surface area (Å²) in [6.07, 6.45) is 6.49. The lowest BCUT2D eigenvalue weighted by molar-refractivity contribution is -0.135. The van der Waals surface area contributed by atoms with Crippen molar-refractivity contribution in [1.29, 1.82) is 0 Å². The van der Waals surface area contributed by atoms with Crippen molar-refractivity contribution >= 4 is 29.2 Å². The van der Waals surface area contributed by atoms with Gasteiger partial charge in [0.05, 0.1) is 22.9 Å². The molecule has 0 atom stereocenters. The summed E-state index contributed by atoms with van der Waals surface area (Å²) in [7, 11) is 1.63. The first-order valence-corrected chi connectivity index (χ1v) is 13.0. The van der Waals surface area contributed by atoms with E-state index in [9.17, 15) is 9.59 Å². The number of amides is 2. The SMILES string of the molecule is CCCCCCCC(=O)N(CCCOC)CC(=O)Nc1cc(C(C)(C)C)nn1-c1ccccc1Cl. The molecule has 2 aromatic rings. The highest BCUT2D eigenvalue weighted by atomic mass is 35.5. The van der Waals surface area contributed by atoms with E-state index in [4.69, 9.17) is 21.4 Å². The second-order valence-corrected chi connectivity index (χ2v) is 10.3. The smallest absolute Gasteiger partial charge is 0.245 e. The van der Waals surface area contributed by atoms with Crippen molar-refractivity contribution in [2.24, 2.45) is 0 Å². The van der Waals surface area contributed by atoms with Crippen molar-refractivity contribution in [3.63, 3.8) is 0 Å². The van der Waals surface area contributed by atoms with Gasteiger partial charge in [-0.25, -0.2) is 4.68 Å². The first kappa shape index (κ1) is 28.9. The molecule has 0 aliphatic heterocycles. The van der Waals surface area contributed by atoms with Crippen LogP contribution in [0, 0.1) is 0 Å². The molecule has 1 aromatic heterocycles. The van der Waals surface area contributed by atoms with E-state index in [1.165, 1.54) is 12.8 Å². The number of halogens is 1. The minimum absolute atomic E-state index is 0.00254. The maximum Gasteiger partial charge on any atom is 0.245 e. The van der Waals surface area contributed by atoms with E-state index in [2.05, 4.69) is 33.0 Å². The lowest BCUT2D eigenvalue weighted by Crippen LogP contribution is -2.39. The number of unbranched alkanes of at least 4 members (excludes halogenated alkanes) is 4. The average molecular weight is 505 g/mol. The number of rotatable bonds is 14. The average Bonchev–Trinajstić information content (AvgIpc) is 3.22. The maximum atomic E-state index is 13.1. The molecule has 0 fully saturated rings. The van der Waals surface area contributed by atoms with Gasteiger partial charge in [-0.1, -0.05) is 77.1 Å². The molecule has 1 heterocycles. The fourth-order valence-corrected chi connectivity index (χ4v) is 3.94. The molecule has 194 valence electrons. The van der Waals surface area contributed by atoms with Crippen LogP contribution in [-0.4, -0.2) is 53.3 Å². The van der Waals surface area contributed by atoms with Gasteiger partial charge in [0.1, 0.15) is 5.82 Å². The molecule has 8 heteroatoms. The fraction of sp³-hybridized carbons (Fsp3) is 0.593. The number of nitrogens with one attached hydrogen (secondary N) is 1. The summed E-state index contributed by atoms with van der Waals surface area (Å²) in [5, 5.41) is 8.23. The number of nitrogens with zero attached hydrogens (tertiary/aromatic N) is 3. The first-order valence-electron chi connectivity index (χ1n) is 12.6. The van der Waals surface area contributed by atoms with Crippen LogP contribution in [0.5, 0.6) is 0 Å². The lowest BCUT2D eigenvalue weighted by atomic mass is 9.92. The van der Waals surface area contributed by atoms with E-state index in [0.29, 0.717) is 42.5 Å². The molecule has 1 aromatic carbocycles. The van der Waals surface area contributed by atoms with Crippen LogP contribution in [0.2, 0.25) is 5.02 Å². The van der Waals surface area contributed by atoms with E-state index in [1.807, 2.05) is 24.3 Å². The number of carbonyl (C=O) groups excluding carboxylic acids is 2. The number of ether oxygens (including phenoxy) is 1. The van der Waals surface area contributed by atoms with E-state index in [-0.39, 0.29) is 23.8 Å². The highest BCUT2D eigenvalue weighted by Gasteiger charge is 2.23.